The number of rotatable bonds is 8. The summed E-state index contributed by atoms with van der Waals surface area (Å²) in [7, 11) is 0. The lowest BCUT2D eigenvalue weighted by Crippen LogP contribution is -2.29. The van der Waals surface area contributed by atoms with E-state index in [0.717, 1.165) is 11.6 Å². The minimum atomic E-state index is -0.888. The van der Waals surface area contributed by atoms with Crippen LogP contribution in [0.5, 0.6) is 0 Å². The molecule has 0 aliphatic carbocycles. The summed E-state index contributed by atoms with van der Waals surface area (Å²) in [5.41, 5.74) is 0.716. The van der Waals surface area contributed by atoms with Crippen molar-refractivity contribution in [3.05, 3.63) is 68.7 Å². The standard InChI is InChI=1S/C19H16ClN3O5/c1-2-9-21-18(24)12-28-19(25)15-10-14(23(26)27)7-8-17(15)22-11-13-5-3-4-6-16(13)20/h1,3-8,10,22H,9,11-12H2,(H,21,24). The predicted molar refractivity (Wildman–Crippen MR) is 104 cm³/mol. The molecule has 0 radical (unpaired) electrons. The summed E-state index contributed by atoms with van der Waals surface area (Å²) in [6.45, 7) is -0.286. The molecular weight excluding hydrogens is 386 g/mol. The molecule has 0 aliphatic rings. The number of ether oxygens (including phenoxy) is 1. The topological polar surface area (TPSA) is 111 Å². The first-order valence-corrected chi connectivity index (χ1v) is 8.43. The van der Waals surface area contributed by atoms with Crippen molar-refractivity contribution in [2.24, 2.45) is 0 Å². The van der Waals surface area contributed by atoms with Gasteiger partial charge in [-0.05, 0) is 17.7 Å². The van der Waals surface area contributed by atoms with Crippen LogP contribution < -0.4 is 10.6 Å². The number of halogens is 1. The van der Waals surface area contributed by atoms with E-state index in [1.165, 1.54) is 12.1 Å². The monoisotopic (exact) mass is 401 g/mol. The Morgan fingerprint density at radius 1 is 1.25 bits per heavy atom. The molecule has 0 spiro atoms. The maximum absolute atomic E-state index is 12.4. The molecule has 0 fully saturated rings. The van der Waals surface area contributed by atoms with Crippen molar-refractivity contribution >= 4 is 34.9 Å². The summed E-state index contributed by atoms with van der Waals surface area (Å²) >= 11 is 6.11. The number of nitrogens with one attached hydrogen (secondary N) is 2. The lowest BCUT2D eigenvalue weighted by Gasteiger charge is -2.12. The van der Waals surface area contributed by atoms with Crippen LogP contribution in [0.15, 0.2) is 42.5 Å². The van der Waals surface area contributed by atoms with Crippen molar-refractivity contribution in [2.45, 2.75) is 6.54 Å². The lowest BCUT2D eigenvalue weighted by atomic mass is 10.1. The molecule has 2 aromatic carbocycles. The van der Waals surface area contributed by atoms with Gasteiger partial charge in [-0.1, -0.05) is 35.7 Å². The van der Waals surface area contributed by atoms with Crippen molar-refractivity contribution in [1.29, 1.82) is 0 Å². The van der Waals surface area contributed by atoms with E-state index in [9.17, 15) is 19.7 Å². The average Bonchev–Trinajstić information content (AvgIpc) is 2.69. The Bertz CT molecular complexity index is 939. The minimum absolute atomic E-state index is 0.00215. The van der Waals surface area contributed by atoms with Gasteiger partial charge in [0.25, 0.3) is 11.6 Å². The maximum Gasteiger partial charge on any atom is 0.341 e. The maximum atomic E-state index is 12.4. The van der Waals surface area contributed by atoms with Crippen LogP contribution >= 0.6 is 11.6 Å². The molecule has 28 heavy (non-hydrogen) atoms. The Balaban J connectivity index is 2.17. The Morgan fingerprint density at radius 3 is 2.68 bits per heavy atom. The first-order valence-electron chi connectivity index (χ1n) is 8.05. The van der Waals surface area contributed by atoms with Crippen LogP contribution in [0.25, 0.3) is 0 Å². The SMILES string of the molecule is C#CCNC(=O)COC(=O)c1cc([N+](=O)[O-])ccc1NCc1ccccc1Cl. The number of nitro groups is 1. The van der Waals surface area contributed by atoms with Crippen molar-refractivity contribution in [3.63, 3.8) is 0 Å². The van der Waals surface area contributed by atoms with Crippen LogP contribution in [0.2, 0.25) is 5.02 Å². The van der Waals surface area contributed by atoms with Crippen LogP contribution in [-0.2, 0) is 16.1 Å². The third kappa shape index (κ3) is 5.72. The third-order valence-corrected chi connectivity index (χ3v) is 3.95. The number of nitrogens with zero attached hydrogens (tertiary/aromatic N) is 1. The number of benzene rings is 2. The van der Waals surface area contributed by atoms with Crippen LogP contribution in [0.3, 0.4) is 0 Å². The number of nitro benzene ring substituents is 1. The molecule has 2 aromatic rings. The number of esters is 1. The number of carbonyl (C=O) groups is 2. The van der Waals surface area contributed by atoms with Crippen LogP contribution in [0, 0.1) is 22.5 Å². The summed E-state index contributed by atoms with van der Waals surface area (Å²) < 4.78 is 4.93. The quantitative estimate of drug-likeness (QED) is 0.304. The van der Waals surface area contributed by atoms with Crippen LogP contribution in [0.4, 0.5) is 11.4 Å². The second-order valence-electron chi connectivity index (χ2n) is 5.49. The van der Waals surface area contributed by atoms with E-state index in [-0.39, 0.29) is 24.3 Å². The summed E-state index contributed by atoms with van der Waals surface area (Å²) in [4.78, 5) is 34.3. The molecule has 1 amide bonds. The highest BCUT2D eigenvalue weighted by atomic mass is 35.5. The molecule has 0 aliphatic heterocycles. The number of non-ortho nitro benzene ring substituents is 1. The summed E-state index contributed by atoms with van der Waals surface area (Å²) in [5.74, 6) is 0.747. The molecule has 144 valence electrons. The van der Waals surface area contributed by atoms with Gasteiger partial charge in [0.2, 0.25) is 0 Å². The van der Waals surface area contributed by atoms with Crippen molar-refractivity contribution in [3.8, 4) is 12.3 Å². The lowest BCUT2D eigenvalue weighted by molar-refractivity contribution is -0.384. The fraction of sp³-hybridized carbons (Fsp3) is 0.158. The van der Waals surface area contributed by atoms with Gasteiger partial charge >= 0.3 is 5.97 Å². The van der Waals surface area contributed by atoms with Crippen molar-refractivity contribution in [1.82, 2.24) is 5.32 Å². The number of hydrogen-bond donors (Lipinski definition) is 2. The Labute approximate surface area is 166 Å². The van der Waals surface area contributed by atoms with Crippen LogP contribution in [0.1, 0.15) is 15.9 Å². The fourth-order valence-corrected chi connectivity index (χ4v) is 2.41. The minimum Gasteiger partial charge on any atom is -0.452 e. The van der Waals surface area contributed by atoms with Gasteiger partial charge < -0.3 is 15.4 Å². The Morgan fingerprint density at radius 2 is 2.00 bits per heavy atom. The first-order chi connectivity index (χ1) is 13.4. The first kappa shape index (κ1) is 20.7. The predicted octanol–water partition coefficient (Wildman–Crippen LogP) is 2.77. The number of hydrogen-bond acceptors (Lipinski definition) is 6. The summed E-state index contributed by atoms with van der Waals surface area (Å²) in [6.07, 6.45) is 5.03. The highest BCUT2D eigenvalue weighted by molar-refractivity contribution is 6.31. The van der Waals surface area contributed by atoms with Crippen molar-refractivity contribution < 1.29 is 19.2 Å². The van der Waals surface area contributed by atoms with E-state index in [2.05, 4.69) is 16.6 Å². The van der Waals surface area contributed by atoms with E-state index >= 15 is 0 Å². The normalized spacial score (nSPS) is 9.86. The zero-order valence-corrected chi connectivity index (χ0v) is 15.4. The number of amides is 1. The molecule has 9 heteroatoms. The van der Waals surface area contributed by atoms with Gasteiger partial charge in [-0.15, -0.1) is 6.42 Å². The molecular formula is C19H16ClN3O5. The average molecular weight is 402 g/mol. The zero-order chi connectivity index (χ0) is 20.5. The molecule has 2 rings (SSSR count). The largest absolute Gasteiger partial charge is 0.452 e. The molecule has 2 N–H and O–H groups in total. The van der Waals surface area contributed by atoms with E-state index in [1.807, 2.05) is 6.07 Å². The van der Waals surface area contributed by atoms with Gasteiger partial charge in [-0.25, -0.2) is 4.79 Å². The van der Waals surface area contributed by atoms with Gasteiger partial charge in [-0.2, -0.15) is 0 Å². The second kappa shape index (κ2) is 9.94. The molecule has 0 heterocycles. The number of anilines is 1. The fourth-order valence-electron chi connectivity index (χ4n) is 2.21. The van der Waals surface area contributed by atoms with Crippen molar-refractivity contribution in [2.75, 3.05) is 18.5 Å². The molecule has 0 bridgehead atoms. The van der Waals surface area contributed by atoms with Gasteiger partial charge in [0, 0.05) is 29.4 Å². The molecule has 0 unspecified atom stereocenters. The molecule has 0 aromatic heterocycles. The molecule has 0 atom stereocenters. The smallest absolute Gasteiger partial charge is 0.341 e. The Hall–Kier alpha value is -3.57. The van der Waals surface area contributed by atoms with Crippen LogP contribution in [-0.4, -0.2) is 30.0 Å². The van der Waals surface area contributed by atoms with E-state index in [1.54, 1.807) is 18.2 Å². The molecule has 0 saturated carbocycles. The molecule has 0 saturated heterocycles. The summed E-state index contributed by atoms with van der Waals surface area (Å²) in [5, 5.41) is 16.9. The van der Waals surface area contributed by atoms with E-state index in [0.29, 0.717) is 10.7 Å². The number of carbonyl (C=O) groups excluding carboxylic acids is 2. The van der Waals surface area contributed by atoms with Gasteiger partial charge in [-0.3, -0.25) is 14.9 Å². The van der Waals surface area contributed by atoms with Gasteiger partial charge in [0.05, 0.1) is 17.0 Å². The highest BCUT2D eigenvalue weighted by Crippen LogP contribution is 2.24. The highest BCUT2D eigenvalue weighted by Gasteiger charge is 2.19. The third-order valence-electron chi connectivity index (χ3n) is 3.58. The van der Waals surface area contributed by atoms with E-state index < -0.39 is 23.4 Å². The van der Waals surface area contributed by atoms with Gasteiger partial charge in [0.1, 0.15) is 0 Å². The number of terminal acetylenes is 1. The Kier molecular flexibility index (Phi) is 7.37. The summed E-state index contributed by atoms with van der Waals surface area (Å²) in [6, 6.07) is 10.8. The second-order valence-corrected chi connectivity index (χ2v) is 5.90. The van der Waals surface area contributed by atoms with Gasteiger partial charge in [0.15, 0.2) is 6.61 Å². The zero-order valence-electron chi connectivity index (χ0n) is 14.6. The van der Waals surface area contributed by atoms with E-state index in [4.69, 9.17) is 22.8 Å². The molecule has 8 nitrogen and oxygen atoms in total.